The molecule has 0 bridgehead atoms. The molecule has 0 saturated heterocycles. The smallest absolute Gasteiger partial charge is 0.254 e. The van der Waals surface area contributed by atoms with Crippen molar-refractivity contribution in [1.29, 1.82) is 0 Å². The van der Waals surface area contributed by atoms with Crippen molar-refractivity contribution in [2.75, 3.05) is 0 Å². The van der Waals surface area contributed by atoms with Crippen molar-refractivity contribution in [3.05, 3.63) is 62.9 Å². The van der Waals surface area contributed by atoms with Gasteiger partial charge in [0.25, 0.3) is 5.89 Å². The molecule has 0 atom stereocenters. The molecule has 3 aromatic rings. The molecule has 23 heavy (non-hydrogen) atoms. The fourth-order valence-electron chi connectivity index (χ4n) is 1.96. The molecule has 0 amide bonds. The van der Waals surface area contributed by atoms with E-state index in [9.17, 15) is 0 Å². The lowest BCUT2D eigenvalue weighted by Crippen LogP contribution is -1.96. The summed E-state index contributed by atoms with van der Waals surface area (Å²) in [6.07, 6.45) is 0. The molecule has 1 aromatic heterocycles. The molecular weight excluding hydrogens is 359 g/mol. The molecule has 0 radical (unpaired) electrons. The highest BCUT2D eigenvalue weighted by Crippen LogP contribution is 2.34. The summed E-state index contributed by atoms with van der Waals surface area (Å²) < 4.78 is 11.2. The number of halogens is 3. The number of hydrogen-bond donors (Lipinski definition) is 0. The molecule has 0 spiro atoms. The Labute approximate surface area is 148 Å². The van der Waals surface area contributed by atoms with Crippen LogP contribution in [-0.4, -0.2) is 10.2 Å². The first-order chi connectivity index (χ1) is 11.0. The third kappa shape index (κ3) is 3.78. The highest BCUT2D eigenvalue weighted by atomic mass is 35.5. The number of hydrogen-bond acceptors (Lipinski definition) is 4. The first-order valence-electron chi connectivity index (χ1n) is 6.69. The van der Waals surface area contributed by atoms with E-state index in [0.717, 1.165) is 11.1 Å². The topological polar surface area (TPSA) is 48.2 Å². The molecule has 0 saturated carbocycles. The number of benzene rings is 2. The van der Waals surface area contributed by atoms with Crippen molar-refractivity contribution >= 4 is 34.8 Å². The summed E-state index contributed by atoms with van der Waals surface area (Å²) in [4.78, 5) is 0. The predicted molar refractivity (Wildman–Crippen MR) is 90.3 cm³/mol. The van der Waals surface area contributed by atoms with Crippen LogP contribution >= 0.6 is 34.8 Å². The lowest BCUT2D eigenvalue weighted by Gasteiger charge is -2.07. The van der Waals surface area contributed by atoms with Crippen molar-refractivity contribution in [3.8, 4) is 17.2 Å². The molecule has 0 N–H and O–H groups in total. The lowest BCUT2D eigenvalue weighted by atomic mass is 10.1. The number of aryl methyl sites for hydroxylation is 1. The lowest BCUT2D eigenvalue weighted by molar-refractivity contribution is 0.264. The minimum absolute atomic E-state index is 0.0799. The summed E-state index contributed by atoms with van der Waals surface area (Å²) in [5.41, 5.74) is 1.97. The molecule has 0 aliphatic rings. The van der Waals surface area contributed by atoms with Crippen LogP contribution < -0.4 is 4.74 Å². The highest BCUT2D eigenvalue weighted by molar-refractivity contribution is 6.43. The quantitative estimate of drug-likeness (QED) is 0.563. The third-order valence-electron chi connectivity index (χ3n) is 3.06. The number of ether oxygens (including phenoxy) is 1. The molecule has 1 heterocycles. The maximum atomic E-state index is 6.05. The maximum Gasteiger partial charge on any atom is 0.254 e. The van der Waals surface area contributed by atoms with Gasteiger partial charge in [-0.05, 0) is 25.1 Å². The molecular formula is C16H11Cl3N2O2. The van der Waals surface area contributed by atoms with Gasteiger partial charge in [-0.25, -0.2) is 0 Å². The van der Waals surface area contributed by atoms with Crippen LogP contribution in [0.25, 0.3) is 11.5 Å². The predicted octanol–water partition coefficient (Wildman–Crippen LogP) is 5.58. The Balaban J connectivity index is 1.74. The van der Waals surface area contributed by atoms with Crippen LogP contribution in [0.3, 0.4) is 0 Å². The highest BCUT2D eigenvalue weighted by Gasteiger charge is 2.12. The second-order valence-corrected chi connectivity index (χ2v) is 6.08. The van der Waals surface area contributed by atoms with Crippen LogP contribution in [0.1, 0.15) is 11.5 Å². The Morgan fingerprint density at radius 2 is 1.78 bits per heavy atom. The van der Waals surface area contributed by atoms with E-state index in [4.69, 9.17) is 44.0 Å². The van der Waals surface area contributed by atoms with Crippen molar-refractivity contribution in [1.82, 2.24) is 10.2 Å². The van der Waals surface area contributed by atoms with Gasteiger partial charge in [-0.1, -0.05) is 52.5 Å². The van der Waals surface area contributed by atoms with Crippen molar-refractivity contribution in [2.24, 2.45) is 0 Å². The van der Waals surface area contributed by atoms with Crippen LogP contribution in [0.4, 0.5) is 0 Å². The van der Waals surface area contributed by atoms with Gasteiger partial charge in [0.15, 0.2) is 6.61 Å². The Bertz CT molecular complexity index is 849. The van der Waals surface area contributed by atoms with Crippen LogP contribution in [-0.2, 0) is 6.61 Å². The molecule has 3 rings (SSSR count). The molecule has 0 aliphatic heterocycles. The Morgan fingerprint density at radius 1 is 1.00 bits per heavy atom. The Hall–Kier alpha value is -1.75. The SMILES string of the molecule is Cc1cccc(-c2nnc(COc3cc(Cl)c(Cl)cc3Cl)o2)c1. The van der Waals surface area contributed by atoms with E-state index in [0.29, 0.717) is 32.6 Å². The monoisotopic (exact) mass is 368 g/mol. The van der Waals surface area contributed by atoms with E-state index in [1.165, 1.54) is 6.07 Å². The Kier molecular flexibility index (Phi) is 4.76. The van der Waals surface area contributed by atoms with Gasteiger partial charge in [-0.15, -0.1) is 10.2 Å². The zero-order chi connectivity index (χ0) is 16.4. The van der Waals surface area contributed by atoms with Gasteiger partial charge >= 0.3 is 0 Å². The van der Waals surface area contributed by atoms with Crippen LogP contribution in [0.5, 0.6) is 5.75 Å². The molecule has 0 unspecified atom stereocenters. The van der Waals surface area contributed by atoms with Crippen LogP contribution in [0, 0.1) is 6.92 Å². The molecule has 7 heteroatoms. The zero-order valence-electron chi connectivity index (χ0n) is 12.0. The first kappa shape index (κ1) is 16.1. The van der Waals surface area contributed by atoms with Gasteiger partial charge in [0.2, 0.25) is 5.89 Å². The van der Waals surface area contributed by atoms with Gasteiger partial charge in [0.1, 0.15) is 5.75 Å². The van der Waals surface area contributed by atoms with E-state index in [1.807, 2.05) is 31.2 Å². The summed E-state index contributed by atoms with van der Waals surface area (Å²) in [5, 5.41) is 9.06. The third-order valence-corrected chi connectivity index (χ3v) is 4.08. The van der Waals surface area contributed by atoms with E-state index >= 15 is 0 Å². The summed E-state index contributed by atoms with van der Waals surface area (Å²) >= 11 is 17.9. The summed E-state index contributed by atoms with van der Waals surface area (Å²) in [5.74, 6) is 1.17. The summed E-state index contributed by atoms with van der Waals surface area (Å²) in [6, 6.07) is 10.9. The average molecular weight is 370 g/mol. The normalized spacial score (nSPS) is 10.8. The molecule has 4 nitrogen and oxygen atoms in total. The minimum atomic E-state index is 0.0799. The second kappa shape index (κ2) is 6.79. The Morgan fingerprint density at radius 3 is 2.57 bits per heavy atom. The largest absolute Gasteiger partial charge is 0.482 e. The van der Waals surface area contributed by atoms with E-state index in [2.05, 4.69) is 10.2 Å². The van der Waals surface area contributed by atoms with Gasteiger partial charge < -0.3 is 9.15 Å². The minimum Gasteiger partial charge on any atom is -0.482 e. The summed E-state index contributed by atoms with van der Waals surface area (Å²) in [7, 11) is 0. The maximum absolute atomic E-state index is 6.05. The fourth-order valence-corrected chi connectivity index (χ4v) is 2.55. The molecule has 118 valence electrons. The van der Waals surface area contributed by atoms with E-state index < -0.39 is 0 Å². The van der Waals surface area contributed by atoms with Crippen LogP contribution in [0.2, 0.25) is 15.1 Å². The number of aromatic nitrogens is 2. The van der Waals surface area contributed by atoms with Gasteiger partial charge in [-0.2, -0.15) is 0 Å². The van der Waals surface area contributed by atoms with Gasteiger partial charge in [-0.3, -0.25) is 0 Å². The molecule has 0 fully saturated rings. The fraction of sp³-hybridized carbons (Fsp3) is 0.125. The average Bonchev–Trinajstić information content (AvgIpc) is 2.98. The van der Waals surface area contributed by atoms with Crippen LogP contribution in [0.15, 0.2) is 40.8 Å². The summed E-state index contributed by atoms with van der Waals surface area (Å²) in [6.45, 7) is 2.08. The second-order valence-electron chi connectivity index (χ2n) is 4.86. The standard InChI is InChI=1S/C16H11Cl3N2O2/c1-9-3-2-4-10(5-9)16-21-20-15(23-16)8-22-14-7-12(18)11(17)6-13(14)19/h2-7H,8H2,1H3. The number of rotatable bonds is 4. The van der Waals surface area contributed by atoms with Crippen molar-refractivity contribution in [2.45, 2.75) is 13.5 Å². The van der Waals surface area contributed by atoms with Crippen molar-refractivity contribution in [3.63, 3.8) is 0 Å². The molecule has 0 aliphatic carbocycles. The van der Waals surface area contributed by atoms with Crippen molar-refractivity contribution < 1.29 is 9.15 Å². The van der Waals surface area contributed by atoms with Gasteiger partial charge in [0.05, 0.1) is 15.1 Å². The van der Waals surface area contributed by atoms with E-state index in [1.54, 1.807) is 6.07 Å². The first-order valence-corrected chi connectivity index (χ1v) is 7.83. The van der Waals surface area contributed by atoms with Gasteiger partial charge in [0, 0.05) is 11.6 Å². The molecule has 2 aromatic carbocycles. The zero-order valence-corrected chi connectivity index (χ0v) is 14.3. The van der Waals surface area contributed by atoms with E-state index in [-0.39, 0.29) is 6.61 Å². The number of nitrogens with zero attached hydrogens (tertiary/aromatic N) is 2.